The molecule has 2 aromatic rings. The summed E-state index contributed by atoms with van der Waals surface area (Å²) in [6, 6.07) is 10.1. The number of hydrogen-bond donors (Lipinski definition) is 1. The van der Waals surface area contributed by atoms with E-state index < -0.39 is 0 Å². The number of aromatic amines is 1. The summed E-state index contributed by atoms with van der Waals surface area (Å²) in [5.74, 6) is 0.901. The van der Waals surface area contributed by atoms with Crippen molar-refractivity contribution in [2.45, 2.75) is 6.92 Å². The summed E-state index contributed by atoms with van der Waals surface area (Å²) in [6.07, 6.45) is 1.93. The minimum absolute atomic E-state index is 0.901. The maximum Gasteiger partial charge on any atom is 0.119 e. The number of H-pyrrole nitrogens is 1. The van der Waals surface area contributed by atoms with Crippen LogP contribution in [0.5, 0.6) is 5.75 Å². The molecule has 0 bridgehead atoms. The van der Waals surface area contributed by atoms with Crippen LogP contribution < -0.4 is 4.74 Å². The molecule has 2 rings (SSSR count). The van der Waals surface area contributed by atoms with Crippen molar-refractivity contribution in [1.82, 2.24) is 4.98 Å². The van der Waals surface area contributed by atoms with Gasteiger partial charge in [0.05, 0.1) is 7.11 Å². The Morgan fingerprint density at radius 2 is 2.07 bits per heavy atom. The molecule has 2 nitrogen and oxygen atoms in total. The standard InChI is InChI=1S/C12H13NO/c1-9-8-10(14-2)5-6-11(9)12-4-3-7-13-12/h3-8,13H,1-2H3. The minimum atomic E-state index is 0.901. The number of aryl methyl sites for hydroxylation is 1. The van der Waals surface area contributed by atoms with Gasteiger partial charge in [-0.05, 0) is 42.8 Å². The lowest BCUT2D eigenvalue weighted by atomic mass is 10.1. The Bertz CT molecular complexity index is 418. The lowest BCUT2D eigenvalue weighted by Gasteiger charge is -2.06. The maximum absolute atomic E-state index is 5.16. The molecule has 0 unspecified atom stereocenters. The molecule has 0 aliphatic heterocycles. The molecule has 14 heavy (non-hydrogen) atoms. The number of aromatic nitrogens is 1. The number of methoxy groups -OCH3 is 1. The van der Waals surface area contributed by atoms with Gasteiger partial charge < -0.3 is 9.72 Å². The first-order valence-electron chi connectivity index (χ1n) is 4.59. The minimum Gasteiger partial charge on any atom is -0.497 e. The second kappa shape index (κ2) is 3.58. The van der Waals surface area contributed by atoms with Gasteiger partial charge in [0.1, 0.15) is 5.75 Å². The third-order valence-corrected chi connectivity index (χ3v) is 2.32. The molecule has 72 valence electrons. The topological polar surface area (TPSA) is 25.0 Å². The molecule has 0 aliphatic rings. The van der Waals surface area contributed by atoms with Crippen molar-refractivity contribution in [3.63, 3.8) is 0 Å². The van der Waals surface area contributed by atoms with E-state index in [0.29, 0.717) is 0 Å². The zero-order chi connectivity index (χ0) is 9.97. The van der Waals surface area contributed by atoms with Crippen LogP contribution in [0.1, 0.15) is 5.56 Å². The zero-order valence-corrected chi connectivity index (χ0v) is 8.37. The summed E-state index contributed by atoms with van der Waals surface area (Å²) < 4.78 is 5.16. The average Bonchev–Trinajstić information content (AvgIpc) is 2.70. The molecule has 1 N–H and O–H groups in total. The molecular formula is C12H13NO. The first kappa shape index (κ1) is 8.88. The number of rotatable bonds is 2. The molecular weight excluding hydrogens is 174 g/mol. The van der Waals surface area contributed by atoms with Gasteiger partial charge in [0, 0.05) is 17.5 Å². The molecule has 0 saturated carbocycles. The van der Waals surface area contributed by atoms with Crippen molar-refractivity contribution in [3.05, 3.63) is 42.1 Å². The van der Waals surface area contributed by atoms with E-state index in [4.69, 9.17) is 4.74 Å². The highest BCUT2D eigenvalue weighted by atomic mass is 16.5. The first-order valence-corrected chi connectivity index (χ1v) is 4.59. The van der Waals surface area contributed by atoms with Crippen LogP contribution in [0.2, 0.25) is 0 Å². The van der Waals surface area contributed by atoms with Crippen LogP contribution in [0.15, 0.2) is 36.5 Å². The van der Waals surface area contributed by atoms with E-state index in [1.54, 1.807) is 7.11 Å². The Kier molecular flexibility index (Phi) is 2.27. The fraction of sp³-hybridized carbons (Fsp3) is 0.167. The lowest BCUT2D eigenvalue weighted by molar-refractivity contribution is 0.414. The van der Waals surface area contributed by atoms with Crippen LogP contribution >= 0.6 is 0 Å². The highest BCUT2D eigenvalue weighted by Gasteiger charge is 2.02. The zero-order valence-electron chi connectivity index (χ0n) is 8.37. The van der Waals surface area contributed by atoms with E-state index in [9.17, 15) is 0 Å². The summed E-state index contributed by atoms with van der Waals surface area (Å²) in [4.78, 5) is 3.19. The third-order valence-electron chi connectivity index (χ3n) is 2.32. The Labute approximate surface area is 83.5 Å². The molecule has 0 amide bonds. The fourth-order valence-electron chi connectivity index (χ4n) is 1.56. The number of benzene rings is 1. The Balaban J connectivity index is 2.46. The van der Waals surface area contributed by atoms with Crippen molar-refractivity contribution in [2.24, 2.45) is 0 Å². The smallest absolute Gasteiger partial charge is 0.119 e. The van der Waals surface area contributed by atoms with E-state index in [1.165, 1.54) is 11.1 Å². The van der Waals surface area contributed by atoms with Crippen LogP contribution in [-0.4, -0.2) is 12.1 Å². The molecule has 2 heteroatoms. The van der Waals surface area contributed by atoms with Gasteiger partial charge >= 0.3 is 0 Å². The van der Waals surface area contributed by atoms with Crippen molar-refractivity contribution in [1.29, 1.82) is 0 Å². The fourth-order valence-corrected chi connectivity index (χ4v) is 1.56. The molecule has 0 atom stereocenters. The molecule has 0 spiro atoms. The highest BCUT2D eigenvalue weighted by molar-refractivity contribution is 5.64. The molecule has 0 saturated heterocycles. The van der Waals surface area contributed by atoms with E-state index in [-0.39, 0.29) is 0 Å². The third kappa shape index (κ3) is 1.51. The predicted molar refractivity (Wildman–Crippen MR) is 57.5 cm³/mol. The summed E-state index contributed by atoms with van der Waals surface area (Å²) in [7, 11) is 1.68. The Morgan fingerprint density at radius 3 is 2.64 bits per heavy atom. The van der Waals surface area contributed by atoms with Gasteiger partial charge in [-0.3, -0.25) is 0 Å². The highest BCUT2D eigenvalue weighted by Crippen LogP contribution is 2.25. The van der Waals surface area contributed by atoms with E-state index >= 15 is 0 Å². The summed E-state index contributed by atoms with van der Waals surface area (Å²) in [5.41, 5.74) is 3.58. The Morgan fingerprint density at radius 1 is 1.21 bits per heavy atom. The summed E-state index contributed by atoms with van der Waals surface area (Å²) >= 11 is 0. The molecule has 1 aromatic carbocycles. The predicted octanol–water partition coefficient (Wildman–Crippen LogP) is 3.00. The summed E-state index contributed by atoms with van der Waals surface area (Å²) in [5, 5.41) is 0. The van der Waals surface area contributed by atoms with Crippen molar-refractivity contribution in [2.75, 3.05) is 7.11 Å². The number of ether oxygens (including phenoxy) is 1. The van der Waals surface area contributed by atoms with Gasteiger partial charge in [0.15, 0.2) is 0 Å². The second-order valence-corrected chi connectivity index (χ2v) is 3.26. The first-order chi connectivity index (χ1) is 6.81. The average molecular weight is 187 g/mol. The van der Waals surface area contributed by atoms with Gasteiger partial charge in [0.25, 0.3) is 0 Å². The van der Waals surface area contributed by atoms with Gasteiger partial charge in [-0.25, -0.2) is 0 Å². The summed E-state index contributed by atoms with van der Waals surface area (Å²) in [6.45, 7) is 2.08. The van der Waals surface area contributed by atoms with Crippen molar-refractivity contribution >= 4 is 0 Å². The molecule has 0 fully saturated rings. The SMILES string of the molecule is COc1ccc(-c2ccc[nH]2)c(C)c1. The van der Waals surface area contributed by atoms with Crippen molar-refractivity contribution < 1.29 is 4.74 Å². The monoisotopic (exact) mass is 187 g/mol. The second-order valence-electron chi connectivity index (χ2n) is 3.26. The van der Waals surface area contributed by atoms with Crippen LogP contribution in [0.4, 0.5) is 0 Å². The molecule has 1 heterocycles. The van der Waals surface area contributed by atoms with Crippen LogP contribution in [0.25, 0.3) is 11.3 Å². The van der Waals surface area contributed by atoms with Gasteiger partial charge in [-0.1, -0.05) is 0 Å². The molecule has 0 radical (unpaired) electrons. The van der Waals surface area contributed by atoms with E-state index in [1.807, 2.05) is 24.4 Å². The number of hydrogen-bond acceptors (Lipinski definition) is 1. The lowest BCUT2D eigenvalue weighted by Crippen LogP contribution is -1.87. The van der Waals surface area contributed by atoms with Gasteiger partial charge in [-0.2, -0.15) is 0 Å². The maximum atomic E-state index is 5.16. The quantitative estimate of drug-likeness (QED) is 0.768. The van der Waals surface area contributed by atoms with Crippen LogP contribution in [0, 0.1) is 6.92 Å². The van der Waals surface area contributed by atoms with Crippen LogP contribution in [-0.2, 0) is 0 Å². The van der Waals surface area contributed by atoms with E-state index in [2.05, 4.69) is 24.0 Å². The van der Waals surface area contributed by atoms with Gasteiger partial charge in [-0.15, -0.1) is 0 Å². The molecule has 0 aliphatic carbocycles. The molecule has 1 aromatic heterocycles. The van der Waals surface area contributed by atoms with Crippen molar-refractivity contribution in [3.8, 4) is 17.0 Å². The normalized spacial score (nSPS) is 10.1. The Hall–Kier alpha value is -1.70. The van der Waals surface area contributed by atoms with Crippen LogP contribution in [0.3, 0.4) is 0 Å². The largest absolute Gasteiger partial charge is 0.497 e. The van der Waals surface area contributed by atoms with E-state index in [0.717, 1.165) is 11.4 Å². The number of nitrogens with one attached hydrogen (secondary N) is 1. The van der Waals surface area contributed by atoms with Gasteiger partial charge in [0.2, 0.25) is 0 Å².